The van der Waals surface area contributed by atoms with E-state index in [1.165, 1.54) is 18.1 Å². The van der Waals surface area contributed by atoms with Gasteiger partial charge < -0.3 is 10.2 Å². The Kier molecular flexibility index (Phi) is 5.55. The number of hydrogen-bond donors (Lipinski definition) is 1. The molecule has 1 atom stereocenters. The highest BCUT2D eigenvalue weighted by atomic mass is 16.2. The molecule has 1 aromatic rings. The first-order chi connectivity index (χ1) is 10.5. The van der Waals surface area contributed by atoms with Crippen LogP contribution in [0.4, 0.5) is 0 Å². The lowest BCUT2D eigenvalue weighted by molar-refractivity contribution is -0.137. The van der Waals surface area contributed by atoms with Crippen LogP contribution < -0.4 is 5.32 Å². The van der Waals surface area contributed by atoms with Gasteiger partial charge in [-0.2, -0.15) is 0 Å². The molecule has 22 heavy (non-hydrogen) atoms. The summed E-state index contributed by atoms with van der Waals surface area (Å²) in [7, 11) is 0. The smallest absolute Gasteiger partial charge is 0.244 e. The Morgan fingerprint density at radius 2 is 1.82 bits per heavy atom. The molecule has 1 aromatic carbocycles. The first-order valence-corrected chi connectivity index (χ1v) is 7.80. The number of nitrogens with one attached hydrogen (secondary N) is 1. The predicted molar refractivity (Wildman–Crippen MR) is 86.3 cm³/mol. The molecule has 1 saturated heterocycles. The van der Waals surface area contributed by atoms with Crippen LogP contribution in [-0.4, -0.2) is 53.8 Å². The largest absolute Gasteiger partial charge is 0.345 e. The molecule has 2 amide bonds. The molecule has 1 N–H and O–H groups in total. The van der Waals surface area contributed by atoms with E-state index in [2.05, 4.69) is 41.4 Å². The minimum atomic E-state index is -0.444. The maximum atomic E-state index is 12.2. The van der Waals surface area contributed by atoms with Crippen LogP contribution in [0, 0.1) is 6.92 Å². The van der Waals surface area contributed by atoms with Gasteiger partial charge in [0.15, 0.2) is 0 Å². The molecular formula is C17H25N3O2. The van der Waals surface area contributed by atoms with E-state index in [-0.39, 0.29) is 11.8 Å². The lowest BCUT2D eigenvalue weighted by atomic mass is 10.1. The third-order valence-corrected chi connectivity index (χ3v) is 4.13. The number of nitrogens with zero attached hydrogens (tertiary/aromatic N) is 2. The first-order valence-electron chi connectivity index (χ1n) is 7.80. The van der Waals surface area contributed by atoms with Gasteiger partial charge in [-0.3, -0.25) is 14.5 Å². The van der Waals surface area contributed by atoms with E-state index in [9.17, 15) is 9.59 Å². The fraction of sp³-hybridized carbons (Fsp3) is 0.529. The number of carbonyl (C=O) groups excluding carboxylic acids is 2. The molecule has 1 heterocycles. The molecule has 1 aliphatic rings. The average molecular weight is 303 g/mol. The van der Waals surface area contributed by atoms with Gasteiger partial charge >= 0.3 is 0 Å². The molecular weight excluding hydrogens is 278 g/mol. The van der Waals surface area contributed by atoms with Crippen LogP contribution in [0.5, 0.6) is 0 Å². The van der Waals surface area contributed by atoms with E-state index in [1.54, 1.807) is 6.92 Å². The quantitative estimate of drug-likeness (QED) is 0.908. The van der Waals surface area contributed by atoms with Crippen LogP contribution in [0.1, 0.15) is 25.0 Å². The van der Waals surface area contributed by atoms with Crippen molar-refractivity contribution in [3.8, 4) is 0 Å². The van der Waals surface area contributed by atoms with E-state index in [4.69, 9.17) is 0 Å². The van der Waals surface area contributed by atoms with E-state index in [1.807, 2.05) is 4.90 Å². The normalized spacial score (nSPS) is 17.1. The third kappa shape index (κ3) is 4.31. The zero-order chi connectivity index (χ0) is 16.1. The Bertz CT molecular complexity index is 536. The number of rotatable bonds is 4. The van der Waals surface area contributed by atoms with Crippen LogP contribution in [-0.2, 0) is 16.1 Å². The highest BCUT2D eigenvalue weighted by Gasteiger charge is 2.25. The molecule has 5 nitrogen and oxygen atoms in total. The topological polar surface area (TPSA) is 52.7 Å². The summed E-state index contributed by atoms with van der Waals surface area (Å²) in [4.78, 5) is 27.5. The van der Waals surface area contributed by atoms with Crippen molar-refractivity contribution in [1.82, 2.24) is 15.1 Å². The number of amides is 2. The number of carbonyl (C=O) groups is 2. The fourth-order valence-corrected chi connectivity index (χ4v) is 2.80. The van der Waals surface area contributed by atoms with Crippen molar-refractivity contribution in [3.05, 3.63) is 35.4 Å². The Morgan fingerprint density at radius 3 is 2.41 bits per heavy atom. The standard InChI is InChI=1S/C17H25N3O2/c1-13-6-4-5-7-16(13)12-19-8-10-20(11-9-19)17(22)14(2)18-15(3)21/h4-7,14H,8-12H2,1-3H3,(H,18,21). The van der Waals surface area contributed by atoms with Gasteiger partial charge in [-0.05, 0) is 25.0 Å². The second-order valence-corrected chi connectivity index (χ2v) is 5.95. The summed E-state index contributed by atoms with van der Waals surface area (Å²) in [6, 6.07) is 7.96. The summed E-state index contributed by atoms with van der Waals surface area (Å²) >= 11 is 0. The van der Waals surface area contributed by atoms with Crippen molar-refractivity contribution in [2.24, 2.45) is 0 Å². The molecule has 120 valence electrons. The molecule has 0 radical (unpaired) electrons. The Morgan fingerprint density at radius 1 is 1.18 bits per heavy atom. The third-order valence-electron chi connectivity index (χ3n) is 4.13. The summed E-state index contributed by atoms with van der Waals surface area (Å²) in [5, 5.41) is 2.65. The minimum absolute atomic E-state index is 0.00532. The molecule has 0 aliphatic carbocycles. The summed E-state index contributed by atoms with van der Waals surface area (Å²) < 4.78 is 0. The number of piperazine rings is 1. The zero-order valence-electron chi connectivity index (χ0n) is 13.6. The van der Waals surface area contributed by atoms with E-state index < -0.39 is 6.04 Å². The molecule has 1 unspecified atom stereocenters. The highest BCUT2D eigenvalue weighted by Crippen LogP contribution is 2.13. The Hall–Kier alpha value is -1.88. The second-order valence-electron chi connectivity index (χ2n) is 5.95. The van der Waals surface area contributed by atoms with E-state index in [0.717, 1.165) is 19.6 Å². The summed E-state index contributed by atoms with van der Waals surface area (Å²) in [5.41, 5.74) is 2.65. The maximum absolute atomic E-state index is 12.2. The monoisotopic (exact) mass is 303 g/mol. The van der Waals surface area contributed by atoms with Crippen LogP contribution in [0.2, 0.25) is 0 Å². The van der Waals surface area contributed by atoms with Crippen LogP contribution in [0.3, 0.4) is 0 Å². The van der Waals surface area contributed by atoms with Gasteiger partial charge in [-0.15, -0.1) is 0 Å². The van der Waals surface area contributed by atoms with Gasteiger partial charge in [0.1, 0.15) is 6.04 Å². The van der Waals surface area contributed by atoms with Gasteiger partial charge in [0.05, 0.1) is 0 Å². The molecule has 0 aromatic heterocycles. The molecule has 5 heteroatoms. The molecule has 0 spiro atoms. The second kappa shape index (κ2) is 7.40. The lowest BCUT2D eigenvalue weighted by Gasteiger charge is -2.36. The molecule has 0 saturated carbocycles. The van der Waals surface area contributed by atoms with Crippen molar-refractivity contribution in [1.29, 1.82) is 0 Å². The van der Waals surface area contributed by atoms with Crippen molar-refractivity contribution in [3.63, 3.8) is 0 Å². The van der Waals surface area contributed by atoms with Crippen molar-refractivity contribution in [2.75, 3.05) is 26.2 Å². The van der Waals surface area contributed by atoms with Crippen LogP contribution >= 0.6 is 0 Å². The average Bonchev–Trinajstić information content (AvgIpc) is 2.49. The van der Waals surface area contributed by atoms with Crippen molar-refractivity contribution in [2.45, 2.75) is 33.4 Å². The van der Waals surface area contributed by atoms with Gasteiger partial charge in [-0.1, -0.05) is 24.3 Å². The molecule has 1 aliphatic heterocycles. The Balaban J connectivity index is 1.84. The number of hydrogen-bond acceptors (Lipinski definition) is 3. The maximum Gasteiger partial charge on any atom is 0.244 e. The van der Waals surface area contributed by atoms with Crippen molar-refractivity contribution >= 4 is 11.8 Å². The van der Waals surface area contributed by atoms with E-state index in [0.29, 0.717) is 13.1 Å². The van der Waals surface area contributed by atoms with Gasteiger partial charge in [0, 0.05) is 39.6 Å². The zero-order valence-corrected chi connectivity index (χ0v) is 13.6. The highest BCUT2D eigenvalue weighted by molar-refractivity contribution is 5.86. The van der Waals surface area contributed by atoms with Crippen LogP contribution in [0.25, 0.3) is 0 Å². The lowest BCUT2D eigenvalue weighted by Crippen LogP contribution is -2.53. The minimum Gasteiger partial charge on any atom is -0.345 e. The SMILES string of the molecule is CC(=O)NC(C)C(=O)N1CCN(Cc2ccccc2C)CC1. The summed E-state index contributed by atoms with van der Waals surface area (Å²) in [5.74, 6) is -0.162. The van der Waals surface area contributed by atoms with Crippen LogP contribution in [0.15, 0.2) is 24.3 Å². The first kappa shape index (κ1) is 16.5. The van der Waals surface area contributed by atoms with E-state index >= 15 is 0 Å². The van der Waals surface area contributed by atoms with Gasteiger partial charge in [0.25, 0.3) is 0 Å². The molecule has 0 bridgehead atoms. The number of benzene rings is 1. The Labute approximate surface area is 132 Å². The molecule has 2 rings (SSSR count). The predicted octanol–water partition coefficient (Wildman–Crippen LogP) is 1.16. The van der Waals surface area contributed by atoms with Gasteiger partial charge in [0.2, 0.25) is 11.8 Å². The summed E-state index contributed by atoms with van der Waals surface area (Å²) in [6.45, 7) is 9.40. The fourth-order valence-electron chi connectivity index (χ4n) is 2.80. The summed E-state index contributed by atoms with van der Waals surface area (Å²) in [6.07, 6.45) is 0. The van der Waals surface area contributed by atoms with Crippen molar-refractivity contribution < 1.29 is 9.59 Å². The number of aryl methyl sites for hydroxylation is 1. The molecule has 1 fully saturated rings. The van der Waals surface area contributed by atoms with Gasteiger partial charge in [-0.25, -0.2) is 0 Å².